The maximum absolute atomic E-state index is 13.7. The third kappa shape index (κ3) is 4.89. The number of rotatable bonds is 8. The lowest BCUT2D eigenvalue weighted by atomic mass is 9.83. The van der Waals surface area contributed by atoms with Gasteiger partial charge in [-0.3, -0.25) is 9.69 Å². The van der Waals surface area contributed by atoms with Crippen molar-refractivity contribution < 1.29 is 9.59 Å². The SMILES string of the molecule is NC1=NC(c2ccccc2)(c2ccccc2)C(=O)N1CCCCNC(=O)Nc1ccc(Cl)cc1. The van der Waals surface area contributed by atoms with Crippen molar-refractivity contribution in [2.24, 2.45) is 10.7 Å². The fourth-order valence-electron chi connectivity index (χ4n) is 4.00. The van der Waals surface area contributed by atoms with Gasteiger partial charge in [0.05, 0.1) is 0 Å². The van der Waals surface area contributed by atoms with Crippen molar-refractivity contribution in [1.29, 1.82) is 0 Å². The van der Waals surface area contributed by atoms with Crippen LogP contribution in [0.4, 0.5) is 10.5 Å². The molecule has 0 saturated heterocycles. The van der Waals surface area contributed by atoms with E-state index in [2.05, 4.69) is 15.6 Å². The van der Waals surface area contributed by atoms with E-state index in [9.17, 15) is 9.59 Å². The molecule has 3 aromatic carbocycles. The average molecular weight is 476 g/mol. The highest BCUT2D eigenvalue weighted by Gasteiger charge is 2.50. The molecule has 7 nitrogen and oxygen atoms in total. The van der Waals surface area contributed by atoms with Gasteiger partial charge in [-0.25, -0.2) is 9.79 Å². The molecule has 0 aromatic heterocycles. The van der Waals surface area contributed by atoms with Gasteiger partial charge in [0, 0.05) is 23.8 Å². The largest absolute Gasteiger partial charge is 0.369 e. The van der Waals surface area contributed by atoms with E-state index in [1.807, 2.05) is 60.7 Å². The van der Waals surface area contributed by atoms with E-state index in [1.54, 1.807) is 24.3 Å². The molecule has 0 saturated carbocycles. The summed E-state index contributed by atoms with van der Waals surface area (Å²) in [6.07, 6.45) is 1.33. The average Bonchev–Trinajstić information content (AvgIpc) is 3.12. The number of unbranched alkanes of at least 4 members (excludes halogenated alkanes) is 1. The Balaban J connectivity index is 1.35. The molecule has 4 rings (SSSR count). The van der Waals surface area contributed by atoms with E-state index < -0.39 is 5.54 Å². The molecule has 0 unspecified atom stereocenters. The number of nitrogens with zero attached hydrogens (tertiary/aromatic N) is 2. The molecule has 0 spiro atoms. The van der Waals surface area contributed by atoms with Gasteiger partial charge in [0.1, 0.15) is 0 Å². The van der Waals surface area contributed by atoms with Gasteiger partial charge in [-0.15, -0.1) is 0 Å². The van der Waals surface area contributed by atoms with E-state index in [-0.39, 0.29) is 17.9 Å². The molecule has 3 amide bonds. The number of nitrogens with two attached hydrogens (primary N) is 1. The minimum Gasteiger partial charge on any atom is -0.369 e. The predicted octanol–water partition coefficient (Wildman–Crippen LogP) is 4.34. The monoisotopic (exact) mass is 475 g/mol. The molecule has 34 heavy (non-hydrogen) atoms. The van der Waals surface area contributed by atoms with Crippen molar-refractivity contribution in [2.75, 3.05) is 18.4 Å². The van der Waals surface area contributed by atoms with Crippen molar-refractivity contribution in [3.05, 3.63) is 101 Å². The van der Waals surface area contributed by atoms with Crippen LogP contribution in [0.25, 0.3) is 0 Å². The van der Waals surface area contributed by atoms with Crippen molar-refractivity contribution in [3.8, 4) is 0 Å². The summed E-state index contributed by atoms with van der Waals surface area (Å²) >= 11 is 5.85. The van der Waals surface area contributed by atoms with E-state index in [1.165, 1.54) is 4.90 Å². The number of urea groups is 1. The number of benzene rings is 3. The van der Waals surface area contributed by atoms with Crippen LogP contribution in [0.1, 0.15) is 24.0 Å². The second-order valence-corrected chi connectivity index (χ2v) is 8.40. The van der Waals surface area contributed by atoms with E-state index in [4.69, 9.17) is 17.3 Å². The van der Waals surface area contributed by atoms with Crippen molar-refractivity contribution in [1.82, 2.24) is 10.2 Å². The first-order valence-corrected chi connectivity index (χ1v) is 11.5. The van der Waals surface area contributed by atoms with E-state index in [0.717, 1.165) is 11.1 Å². The lowest BCUT2D eigenvalue weighted by Gasteiger charge is -2.27. The molecular weight excluding hydrogens is 450 g/mol. The number of nitrogens with one attached hydrogen (secondary N) is 2. The van der Waals surface area contributed by atoms with Crippen LogP contribution in [-0.4, -0.2) is 35.9 Å². The van der Waals surface area contributed by atoms with Gasteiger partial charge < -0.3 is 16.4 Å². The fourth-order valence-corrected chi connectivity index (χ4v) is 4.13. The molecule has 0 atom stereocenters. The number of hydrogen-bond acceptors (Lipinski definition) is 4. The van der Waals surface area contributed by atoms with Crippen LogP contribution in [0, 0.1) is 0 Å². The Hall–Kier alpha value is -3.84. The van der Waals surface area contributed by atoms with Crippen LogP contribution in [0.2, 0.25) is 5.02 Å². The quantitative estimate of drug-likeness (QED) is 0.422. The molecule has 174 valence electrons. The van der Waals surface area contributed by atoms with Gasteiger partial charge in [-0.05, 0) is 48.2 Å². The maximum Gasteiger partial charge on any atom is 0.319 e. The fraction of sp³-hybridized carbons (Fsp3) is 0.192. The molecule has 0 fully saturated rings. The summed E-state index contributed by atoms with van der Waals surface area (Å²) in [4.78, 5) is 32.0. The Morgan fingerprint density at radius 3 is 2.09 bits per heavy atom. The third-order valence-corrected chi connectivity index (χ3v) is 5.94. The number of carbonyl (C=O) groups excluding carboxylic acids is 2. The summed E-state index contributed by atoms with van der Waals surface area (Å²) in [6, 6.07) is 25.5. The van der Waals surface area contributed by atoms with Gasteiger partial charge in [0.15, 0.2) is 11.5 Å². The molecule has 8 heteroatoms. The van der Waals surface area contributed by atoms with Crippen LogP contribution < -0.4 is 16.4 Å². The number of hydrogen-bond donors (Lipinski definition) is 3. The van der Waals surface area contributed by atoms with Gasteiger partial charge in [-0.2, -0.15) is 0 Å². The first-order chi connectivity index (χ1) is 16.5. The van der Waals surface area contributed by atoms with Gasteiger partial charge >= 0.3 is 6.03 Å². The summed E-state index contributed by atoms with van der Waals surface area (Å²) in [5, 5.41) is 6.17. The van der Waals surface area contributed by atoms with Crippen LogP contribution in [0.3, 0.4) is 0 Å². The lowest BCUT2D eigenvalue weighted by Crippen LogP contribution is -2.44. The second kappa shape index (κ2) is 10.4. The van der Waals surface area contributed by atoms with Crippen LogP contribution in [-0.2, 0) is 10.3 Å². The Labute approximate surface area is 203 Å². The summed E-state index contributed by atoms with van der Waals surface area (Å²) in [6.45, 7) is 0.872. The van der Waals surface area contributed by atoms with Gasteiger partial charge in [0.25, 0.3) is 5.91 Å². The number of carbonyl (C=O) groups is 2. The molecule has 3 aromatic rings. The van der Waals surface area contributed by atoms with Crippen molar-refractivity contribution in [2.45, 2.75) is 18.4 Å². The molecule has 4 N–H and O–H groups in total. The predicted molar refractivity (Wildman–Crippen MR) is 135 cm³/mol. The normalized spacial score (nSPS) is 14.6. The molecule has 0 bridgehead atoms. The van der Waals surface area contributed by atoms with Crippen molar-refractivity contribution in [3.63, 3.8) is 0 Å². The number of guanidine groups is 1. The summed E-state index contributed by atoms with van der Waals surface area (Å²) < 4.78 is 0. The third-order valence-electron chi connectivity index (χ3n) is 5.69. The Kier molecular flexibility index (Phi) is 7.13. The minimum absolute atomic E-state index is 0.171. The molecule has 0 radical (unpaired) electrons. The van der Waals surface area contributed by atoms with E-state index >= 15 is 0 Å². The highest BCUT2D eigenvalue weighted by Crippen LogP contribution is 2.39. The van der Waals surface area contributed by atoms with Gasteiger partial charge in [-0.1, -0.05) is 72.3 Å². The zero-order valence-electron chi connectivity index (χ0n) is 18.6. The number of anilines is 1. The van der Waals surface area contributed by atoms with Gasteiger partial charge in [0.2, 0.25) is 0 Å². The topological polar surface area (TPSA) is 99.8 Å². The summed E-state index contributed by atoms with van der Waals surface area (Å²) in [7, 11) is 0. The first-order valence-electron chi connectivity index (χ1n) is 11.1. The minimum atomic E-state index is -1.19. The maximum atomic E-state index is 13.7. The molecule has 0 aliphatic carbocycles. The molecule has 1 aliphatic rings. The van der Waals surface area contributed by atoms with Crippen LogP contribution >= 0.6 is 11.6 Å². The number of aliphatic imine (C=N–C) groups is 1. The standard InChI is InChI=1S/C26H26ClN5O2/c27-21-13-15-22(16-14-21)30-25(34)29-17-7-8-18-32-23(33)26(31-24(32)28,19-9-3-1-4-10-19)20-11-5-2-6-12-20/h1-6,9-16H,7-8,17-18H2,(H2,28,31)(H2,29,30,34). The molecule has 1 heterocycles. The van der Waals surface area contributed by atoms with Crippen LogP contribution in [0.15, 0.2) is 89.9 Å². The summed E-state index contributed by atoms with van der Waals surface area (Å²) in [5.74, 6) is 0.0296. The first kappa shape index (κ1) is 23.3. The Morgan fingerprint density at radius 1 is 0.912 bits per heavy atom. The highest BCUT2D eigenvalue weighted by molar-refractivity contribution is 6.30. The Bertz CT molecular complexity index is 1130. The number of halogens is 1. The van der Waals surface area contributed by atoms with Crippen LogP contribution in [0.5, 0.6) is 0 Å². The molecular formula is C26H26ClN5O2. The second-order valence-electron chi connectivity index (χ2n) is 7.96. The molecule has 1 aliphatic heterocycles. The Morgan fingerprint density at radius 2 is 1.50 bits per heavy atom. The lowest BCUT2D eigenvalue weighted by molar-refractivity contribution is -0.130. The van der Waals surface area contributed by atoms with Crippen molar-refractivity contribution >= 4 is 35.2 Å². The zero-order valence-corrected chi connectivity index (χ0v) is 19.3. The summed E-state index contributed by atoms with van der Waals surface area (Å²) in [5.41, 5.74) is 7.26. The zero-order chi connectivity index (χ0) is 24.0. The smallest absolute Gasteiger partial charge is 0.319 e. The number of amides is 3. The van der Waals surface area contributed by atoms with E-state index in [0.29, 0.717) is 36.6 Å². The highest BCUT2D eigenvalue weighted by atomic mass is 35.5.